The van der Waals surface area contributed by atoms with E-state index in [1.54, 1.807) is 36.4 Å². The maximum atomic E-state index is 12.1. The molecule has 2 aromatic rings. The molecule has 0 aliphatic rings. The first-order chi connectivity index (χ1) is 14.7. The van der Waals surface area contributed by atoms with E-state index in [4.69, 9.17) is 0 Å². The zero-order valence-corrected chi connectivity index (χ0v) is 18.9. The molecular formula is C27H32O4. The third kappa shape index (κ3) is 7.29. The number of aromatic carboxylic acids is 1. The molecule has 0 aromatic heterocycles. The summed E-state index contributed by atoms with van der Waals surface area (Å²) in [6.07, 6.45) is 4.08. The van der Waals surface area contributed by atoms with Gasteiger partial charge in [-0.2, -0.15) is 0 Å². The van der Waals surface area contributed by atoms with Crippen LogP contribution in [0, 0.1) is 30.6 Å². The fraction of sp³-hybridized carbons (Fsp3) is 0.407. The predicted molar refractivity (Wildman–Crippen MR) is 123 cm³/mol. The highest BCUT2D eigenvalue weighted by Crippen LogP contribution is 2.22. The van der Waals surface area contributed by atoms with E-state index in [0.717, 1.165) is 41.5 Å². The fourth-order valence-corrected chi connectivity index (χ4v) is 3.53. The molecule has 31 heavy (non-hydrogen) atoms. The summed E-state index contributed by atoms with van der Waals surface area (Å²) >= 11 is 0. The minimum atomic E-state index is -0.955. The van der Waals surface area contributed by atoms with Gasteiger partial charge in [0.2, 0.25) is 0 Å². The second-order valence-electron chi connectivity index (χ2n) is 8.42. The van der Waals surface area contributed by atoms with Crippen LogP contribution >= 0.6 is 0 Å². The molecule has 0 spiro atoms. The first-order valence-electron chi connectivity index (χ1n) is 10.9. The largest absolute Gasteiger partial charge is 0.508 e. The molecule has 0 saturated carbocycles. The van der Waals surface area contributed by atoms with Crippen molar-refractivity contribution in [1.29, 1.82) is 0 Å². The summed E-state index contributed by atoms with van der Waals surface area (Å²) in [5, 5.41) is 18.9. The lowest BCUT2D eigenvalue weighted by atomic mass is 9.89. The van der Waals surface area contributed by atoms with Gasteiger partial charge in [0.1, 0.15) is 11.5 Å². The van der Waals surface area contributed by atoms with Crippen molar-refractivity contribution < 1.29 is 19.8 Å². The summed E-state index contributed by atoms with van der Waals surface area (Å²) in [4.78, 5) is 23.5. The smallest absolute Gasteiger partial charge is 0.335 e. The average molecular weight is 421 g/mol. The molecule has 4 nitrogen and oxygen atoms in total. The number of phenols is 1. The standard InChI is InChI=1S/C27H32O4/c1-5-20(16-26(29)18(2)3)7-6-8-23-17-24(27(30)31)12-11-22(23)10-9-21-13-14-25(28)15-19(21)4/h11-15,17-18,20,28H,5-8,16H2,1-4H3,(H,30,31). The third-order valence-corrected chi connectivity index (χ3v) is 5.66. The Kier molecular flexibility index (Phi) is 8.88. The maximum absolute atomic E-state index is 12.1. The van der Waals surface area contributed by atoms with Gasteiger partial charge in [0.25, 0.3) is 0 Å². The summed E-state index contributed by atoms with van der Waals surface area (Å²) in [5.41, 5.74) is 3.68. The Balaban J connectivity index is 2.19. The second-order valence-corrected chi connectivity index (χ2v) is 8.42. The molecule has 2 aromatic carbocycles. The highest BCUT2D eigenvalue weighted by Gasteiger charge is 2.15. The highest BCUT2D eigenvalue weighted by molar-refractivity contribution is 5.88. The number of hydrogen-bond acceptors (Lipinski definition) is 3. The molecule has 2 N–H and O–H groups in total. The zero-order chi connectivity index (χ0) is 23.0. The molecule has 0 fully saturated rings. The number of carboxylic acids is 1. The number of hydrogen-bond donors (Lipinski definition) is 2. The highest BCUT2D eigenvalue weighted by atomic mass is 16.4. The van der Waals surface area contributed by atoms with E-state index in [2.05, 4.69) is 18.8 Å². The zero-order valence-electron chi connectivity index (χ0n) is 18.9. The van der Waals surface area contributed by atoms with Crippen LogP contribution < -0.4 is 0 Å². The molecule has 0 aliphatic heterocycles. The van der Waals surface area contributed by atoms with E-state index in [1.165, 1.54) is 0 Å². The Bertz CT molecular complexity index is 992. The monoisotopic (exact) mass is 420 g/mol. The van der Waals surface area contributed by atoms with Crippen molar-refractivity contribution >= 4 is 11.8 Å². The topological polar surface area (TPSA) is 74.6 Å². The lowest BCUT2D eigenvalue weighted by Gasteiger charge is -2.15. The Labute approximate surface area is 185 Å². The lowest BCUT2D eigenvalue weighted by molar-refractivity contribution is -0.122. The van der Waals surface area contributed by atoms with Crippen LogP contribution in [0.2, 0.25) is 0 Å². The van der Waals surface area contributed by atoms with Crippen LogP contribution in [0.25, 0.3) is 0 Å². The Morgan fingerprint density at radius 3 is 2.32 bits per heavy atom. The van der Waals surface area contributed by atoms with Crippen LogP contribution in [-0.2, 0) is 11.2 Å². The van der Waals surface area contributed by atoms with Crippen molar-refractivity contribution in [2.24, 2.45) is 11.8 Å². The van der Waals surface area contributed by atoms with Crippen molar-refractivity contribution in [1.82, 2.24) is 0 Å². The van der Waals surface area contributed by atoms with Crippen LogP contribution in [0.5, 0.6) is 5.75 Å². The maximum Gasteiger partial charge on any atom is 0.335 e. The molecule has 0 heterocycles. The van der Waals surface area contributed by atoms with Gasteiger partial charge in [0, 0.05) is 23.5 Å². The molecule has 2 rings (SSSR count). The summed E-state index contributed by atoms with van der Waals surface area (Å²) in [5.74, 6) is 6.28. The summed E-state index contributed by atoms with van der Waals surface area (Å²) in [6, 6.07) is 10.1. The van der Waals surface area contributed by atoms with E-state index >= 15 is 0 Å². The van der Waals surface area contributed by atoms with Crippen molar-refractivity contribution in [2.45, 2.75) is 59.8 Å². The van der Waals surface area contributed by atoms with Gasteiger partial charge in [0.05, 0.1) is 5.56 Å². The minimum absolute atomic E-state index is 0.0616. The molecule has 4 heteroatoms. The quantitative estimate of drug-likeness (QED) is 0.506. The van der Waals surface area contributed by atoms with Crippen molar-refractivity contribution in [3.63, 3.8) is 0 Å². The van der Waals surface area contributed by atoms with Crippen LogP contribution in [0.4, 0.5) is 0 Å². The van der Waals surface area contributed by atoms with E-state index in [9.17, 15) is 19.8 Å². The van der Waals surface area contributed by atoms with E-state index in [-0.39, 0.29) is 17.2 Å². The number of phenolic OH excluding ortho intramolecular Hbond substituents is 1. The van der Waals surface area contributed by atoms with Crippen LogP contribution in [-0.4, -0.2) is 22.0 Å². The number of benzene rings is 2. The second kappa shape index (κ2) is 11.4. The molecule has 164 valence electrons. The number of Topliss-reactive ketones (excluding diaryl/α,β-unsaturated/α-hetero) is 1. The average Bonchev–Trinajstić information content (AvgIpc) is 2.72. The van der Waals surface area contributed by atoms with E-state index in [0.29, 0.717) is 24.5 Å². The van der Waals surface area contributed by atoms with Gasteiger partial charge >= 0.3 is 5.97 Å². The molecule has 1 unspecified atom stereocenters. The number of carbonyl (C=O) groups is 2. The fourth-order valence-electron chi connectivity index (χ4n) is 3.53. The molecule has 0 saturated heterocycles. The normalized spacial score (nSPS) is 11.6. The molecule has 1 atom stereocenters. The lowest BCUT2D eigenvalue weighted by Crippen LogP contribution is -2.13. The molecule has 0 bridgehead atoms. The number of carbonyl (C=O) groups excluding carboxylic acids is 1. The number of aryl methyl sites for hydroxylation is 2. The van der Waals surface area contributed by atoms with Gasteiger partial charge in [0.15, 0.2) is 0 Å². The SMILES string of the molecule is CCC(CCCc1cc(C(=O)O)ccc1C#Cc1ccc(O)cc1C)CC(=O)C(C)C. The third-order valence-electron chi connectivity index (χ3n) is 5.66. The minimum Gasteiger partial charge on any atom is -0.508 e. The van der Waals surface area contributed by atoms with Gasteiger partial charge < -0.3 is 10.2 Å². The number of ketones is 1. The van der Waals surface area contributed by atoms with Crippen molar-refractivity contribution in [3.8, 4) is 17.6 Å². The Morgan fingerprint density at radius 1 is 1.03 bits per heavy atom. The molecule has 0 radical (unpaired) electrons. The van der Waals surface area contributed by atoms with Gasteiger partial charge in [-0.25, -0.2) is 4.79 Å². The predicted octanol–water partition coefficient (Wildman–Crippen LogP) is 5.76. The van der Waals surface area contributed by atoms with Crippen molar-refractivity contribution in [2.75, 3.05) is 0 Å². The summed E-state index contributed by atoms with van der Waals surface area (Å²) in [7, 11) is 0. The van der Waals surface area contributed by atoms with E-state index < -0.39 is 5.97 Å². The number of carboxylic acid groups (broad SMARTS) is 1. The van der Waals surface area contributed by atoms with Gasteiger partial charge in [-0.1, -0.05) is 39.0 Å². The Hall–Kier alpha value is -3.06. The Morgan fingerprint density at radius 2 is 1.71 bits per heavy atom. The van der Waals surface area contributed by atoms with E-state index in [1.807, 2.05) is 20.8 Å². The first kappa shape index (κ1) is 24.2. The molecular weight excluding hydrogens is 388 g/mol. The molecule has 0 aliphatic carbocycles. The van der Waals surface area contributed by atoms with Gasteiger partial charge in [-0.15, -0.1) is 0 Å². The summed E-state index contributed by atoms with van der Waals surface area (Å²) in [6.45, 7) is 7.88. The molecule has 0 amide bonds. The number of rotatable bonds is 9. The first-order valence-corrected chi connectivity index (χ1v) is 10.9. The van der Waals surface area contributed by atoms with Crippen LogP contribution in [0.15, 0.2) is 36.4 Å². The van der Waals surface area contributed by atoms with Gasteiger partial charge in [-0.3, -0.25) is 4.79 Å². The van der Waals surface area contributed by atoms with Crippen LogP contribution in [0.3, 0.4) is 0 Å². The van der Waals surface area contributed by atoms with Gasteiger partial charge in [-0.05, 0) is 79.6 Å². The van der Waals surface area contributed by atoms with Crippen LogP contribution in [0.1, 0.15) is 79.1 Å². The van der Waals surface area contributed by atoms with Crippen molar-refractivity contribution in [3.05, 3.63) is 64.2 Å². The number of aromatic hydroxyl groups is 1. The summed E-state index contributed by atoms with van der Waals surface area (Å²) < 4.78 is 0.